The minimum Gasteiger partial charge on any atom is -0.469 e. The molecule has 0 saturated heterocycles. The van der Waals surface area contributed by atoms with Crippen LogP contribution >= 0.6 is 0 Å². The first-order valence-electron chi connectivity index (χ1n) is 7.31. The maximum absolute atomic E-state index is 11.5. The summed E-state index contributed by atoms with van der Waals surface area (Å²) in [5.41, 5.74) is 0. The lowest BCUT2D eigenvalue weighted by Crippen LogP contribution is -2.30. The van der Waals surface area contributed by atoms with Crippen molar-refractivity contribution in [3.8, 4) is 0 Å². The van der Waals surface area contributed by atoms with Gasteiger partial charge in [0.15, 0.2) is 0 Å². The third-order valence-corrected chi connectivity index (χ3v) is 4.36. The fourth-order valence-corrected chi connectivity index (χ4v) is 2.47. The second kappa shape index (κ2) is 8.61. The van der Waals surface area contributed by atoms with E-state index < -0.39 is 16.1 Å². The van der Waals surface area contributed by atoms with Crippen LogP contribution in [0, 0.1) is 0 Å². The Kier molecular flexibility index (Phi) is 8.34. The summed E-state index contributed by atoms with van der Waals surface area (Å²) in [6.45, 7) is 13.0. The van der Waals surface area contributed by atoms with Gasteiger partial charge in [0.1, 0.15) is 0 Å². The van der Waals surface area contributed by atoms with Crippen molar-refractivity contribution in [2.75, 3.05) is 12.5 Å². The number of ether oxygens (including phenoxy) is 2. The van der Waals surface area contributed by atoms with Crippen LogP contribution in [0.2, 0.25) is 39.3 Å². The maximum Gasteiger partial charge on any atom is 0.305 e. The summed E-state index contributed by atoms with van der Waals surface area (Å²) in [4.78, 5) is 23.0. The average molecular weight is 319 g/mol. The van der Waals surface area contributed by atoms with E-state index in [0.29, 0.717) is 38.1 Å². The molecule has 0 unspecified atom stereocenters. The van der Waals surface area contributed by atoms with Gasteiger partial charge in [-0.25, -0.2) is 0 Å². The van der Waals surface area contributed by atoms with E-state index in [4.69, 9.17) is 9.47 Å². The first-order valence-corrected chi connectivity index (χ1v) is 14.7. The fraction of sp³-hybridized carbons (Fsp3) is 0.857. The number of rotatable bonds is 9. The third-order valence-electron chi connectivity index (χ3n) is 2.34. The van der Waals surface area contributed by atoms with E-state index >= 15 is 0 Å². The number of carbonyl (C=O) groups is 2. The molecular weight excluding hydrogens is 288 g/mol. The summed E-state index contributed by atoms with van der Waals surface area (Å²) in [5, 5.41) is 0. The highest BCUT2D eigenvalue weighted by Gasteiger charge is 2.17. The maximum atomic E-state index is 11.5. The smallest absolute Gasteiger partial charge is 0.305 e. The molecule has 0 spiro atoms. The Balaban J connectivity index is 3.61. The highest BCUT2D eigenvalue weighted by Crippen LogP contribution is 2.07. The Morgan fingerprint density at radius 2 is 1.00 bits per heavy atom. The lowest BCUT2D eigenvalue weighted by Gasteiger charge is -2.16. The van der Waals surface area contributed by atoms with Crippen LogP contribution in [0.1, 0.15) is 25.7 Å². The van der Waals surface area contributed by atoms with Gasteiger partial charge in [0.2, 0.25) is 0 Å². The van der Waals surface area contributed by atoms with E-state index in [1.807, 2.05) is 0 Å². The van der Waals surface area contributed by atoms with Crippen LogP contribution in [0.4, 0.5) is 0 Å². The summed E-state index contributed by atoms with van der Waals surface area (Å²) in [5.74, 6) is -0.300. The van der Waals surface area contributed by atoms with Crippen LogP contribution in [-0.2, 0) is 19.1 Å². The Labute approximate surface area is 125 Å². The molecule has 0 aromatic rings. The minimum atomic E-state index is -1.33. The Bertz CT molecular complexity index is 284. The molecule has 0 aromatic carbocycles. The molecular formula is C14H30O4Si2. The molecule has 0 amide bonds. The van der Waals surface area contributed by atoms with E-state index in [9.17, 15) is 9.59 Å². The quantitative estimate of drug-likeness (QED) is 0.371. The van der Waals surface area contributed by atoms with Crippen molar-refractivity contribution < 1.29 is 19.1 Å². The lowest BCUT2D eigenvalue weighted by atomic mass is 10.2. The van der Waals surface area contributed by atoms with Gasteiger partial charge in [0, 0.05) is 12.8 Å². The molecule has 0 fully saturated rings. The molecule has 4 nitrogen and oxygen atoms in total. The zero-order valence-corrected chi connectivity index (χ0v) is 15.9. The van der Waals surface area contributed by atoms with Gasteiger partial charge in [0.25, 0.3) is 0 Å². The van der Waals surface area contributed by atoms with Gasteiger partial charge >= 0.3 is 11.9 Å². The third kappa shape index (κ3) is 13.8. The lowest BCUT2D eigenvalue weighted by molar-refractivity contribution is -0.144. The zero-order chi connectivity index (χ0) is 15.8. The van der Waals surface area contributed by atoms with Crippen molar-refractivity contribution in [1.29, 1.82) is 0 Å². The molecule has 0 radical (unpaired) electrons. The molecule has 20 heavy (non-hydrogen) atoms. The molecule has 0 saturated carbocycles. The van der Waals surface area contributed by atoms with Crippen molar-refractivity contribution in [2.45, 2.75) is 65.0 Å². The molecule has 118 valence electrons. The van der Waals surface area contributed by atoms with Gasteiger partial charge < -0.3 is 9.47 Å². The highest BCUT2D eigenvalue weighted by molar-refractivity contribution is 6.76. The topological polar surface area (TPSA) is 52.6 Å². The second-order valence-corrected chi connectivity index (χ2v) is 18.5. The van der Waals surface area contributed by atoms with Crippen molar-refractivity contribution in [1.82, 2.24) is 0 Å². The summed E-state index contributed by atoms with van der Waals surface area (Å²) >= 11 is 0. The monoisotopic (exact) mass is 318 g/mol. The number of hydrogen-bond acceptors (Lipinski definition) is 4. The Morgan fingerprint density at radius 1 is 0.700 bits per heavy atom. The summed E-state index contributed by atoms with van der Waals surface area (Å²) in [6.07, 6.45) is 3.31. The molecule has 0 aliphatic rings. The molecule has 0 bridgehead atoms. The fourth-order valence-electron chi connectivity index (χ4n) is 1.28. The van der Waals surface area contributed by atoms with Crippen LogP contribution in [-0.4, -0.2) is 40.5 Å². The number of hydrogen-bond donors (Lipinski definition) is 0. The molecule has 0 rings (SSSR count). The predicted molar refractivity (Wildman–Crippen MR) is 87.1 cm³/mol. The van der Waals surface area contributed by atoms with E-state index in [1.165, 1.54) is 0 Å². The van der Waals surface area contributed by atoms with Crippen molar-refractivity contribution in [3.05, 3.63) is 0 Å². The van der Waals surface area contributed by atoms with Gasteiger partial charge in [-0.05, 0) is 12.8 Å². The van der Waals surface area contributed by atoms with Crippen LogP contribution in [0.15, 0.2) is 0 Å². The first-order chi connectivity index (χ1) is 8.99. The van der Waals surface area contributed by atoms with Crippen LogP contribution in [0.5, 0.6) is 0 Å². The van der Waals surface area contributed by atoms with E-state index in [0.717, 1.165) is 0 Å². The SMILES string of the molecule is C[Si](C)(C)COC(=O)CCCCC(=O)OC[Si](C)(C)C. The normalized spacial score (nSPS) is 12.1. The summed E-state index contributed by atoms with van der Waals surface area (Å²) in [7, 11) is -2.65. The van der Waals surface area contributed by atoms with Gasteiger partial charge in [-0.2, -0.15) is 0 Å². The standard InChI is InChI=1S/C14H30O4Si2/c1-19(2,3)11-17-13(15)9-7-8-10-14(16)18-12-20(4,5)6/h7-12H2,1-6H3. The van der Waals surface area contributed by atoms with Gasteiger partial charge in [-0.3, -0.25) is 9.59 Å². The van der Waals surface area contributed by atoms with Gasteiger partial charge in [-0.1, -0.05) is 39.3 Å². The second-order valence-electron chi connectivity index (χ2n) is 7.65. The molecule has 0 N–H and O–H groups in total. The first kappa shape index (κ1) is 19.4. The van der Waals surface area contributed by atoms with Crippen molar-refractivity contribution in [3.63, 3.8) is 0 Å². The van der Waals surface area contributed by atoms with Crippen molar-refractivity contribution >= 4 is 28.1 Å². The zero-order valence-electron chi connectivity index (χ0n) is 13.9. The Hall–Kier alpha value is -0.626. The van der Waals surface area contributed by atoms with Crippen LogP contribution in [0.25, 0.3) is 0 Å². The van der Waals surface area contributed by atoms with E-state index in [2.05, 4.69) is 39.3 Å². The molecule has 0 aromatic heterocycles. The summed E-state index contributed by atoms with van der Waals surface area (Å²) < 4.78 is 10.4. The predicted octanol–water partition coefficient (Wildman–Crippen LogP) is 3.39. The van der Waals surface area contributed by atoms with E-state index in [1.54, 1.807) is 0 Å². The molecule has 0 aliphatic carbocycles. The van der Waals surface area contributed by atoms with Gasteiger partial charge in [-0.15, -0.1) is 0 Å². The molecule has 0 aliphatic heterocycles. The van der Waals surface area contributed by atoms with Crippen molar-refractivity contribution in [2.24, 2.45) is 0 Å². The largest absolute Gasteiger partial charge is 0.469 e. The van der Waals surface area contributed by atoms with E-state index in [-0.39, 0.29) is 11.9 Å². The minimum absolute atomic E-state index is 0.150. The van der Waals surface area contributed by atoms with Gasteiger partial charge in [0.05, 0.1) is 28.6 Å². The molecule has 0 heterocycles. The van der Waals surface area contributed by atoms with Crippen LogP contribution in [0.3, 0.4) is 0 Å². The Morgan fingerprint density at radius 3 is 1.25 bits per heavy atom. The average Bonchev–Trinajstić information content (AvgIpc) is 2.27. The number of esters is 2. The number of carbonyl (C=O) groups excluding carboxylic acids is 2. The number of unbranched alkanes of at least 4 members (excludes halogenated alkanes) is 1. The summed E-state index contributed by atoms with van der Waals surface area (Å²) in [6, 6.07) is 0. The van der Waals surface area contributed by atoms with Crippen LogP contribution < -0.4 is 0 Å². The molecule has 6 heteroatoms. The molecule has 0 atom stereocenters. The highest BCUT2D eigenvalue weighted by atomic mass is 28.3.